The van der Waals surface area contributed by atoms with Gasteiger partial charge in [0.1, 0.15) is 5.69 Å². The van der Waals surface area contributed by atoms with E-state index in [-0.39, 0.29) is 0 Å². The largest absolute Gasteiger partial charge is 0.438 e. The van der Waals surface area contributed by atoms with E-state index in [4.69, 9.17) is 4.42 Å². The molecule has 0 fully saturated rings. The van der Waals surface area contributed by atoms with Crippen LogP contribution in [0, 0.1) is 0 Å². The van der Waals surface area contributed by atoms with Crippen LogP contribution in [0.1, 0.15) is 19.2 Å². The zero-order valence-corrected chi connectivity index (χ0v) is 9.60. The third-order valence-electron chi connectivity index (χ3n) is 2.21. The summed E-state index contributed by atoms with van der Waals surface area (Å²) < 4.78 is 7.46. The molecule has 0 unspecified atom stereocenters. The van der Waals surface area contributed by atoms with Gasteiger partial charge in [0.2, 0.25) is 5.89 Å². The van der Waals surface area contributed by atoms with Gasteiger partial charge < -0.3 is 14.3 Å². The summed E-state index contributed by atoms with van der Waals surface area (Å²) in [7, 11) is 1.93. The van der Waals surface area contributed by atoms with Gasteiger partial charge in [-0.05, 0) is 13.0 Å². The normalized spacial score (nSPS) is 10.9. The zero-order valence-electron chi connectivity index (χ0n) is 9.60. The van der Waals surface area contributed by atoms with Crippen LogP contribution in [0.4, 0.5) is 0 Å². The van der Waals surface area contributed by atoms with Gasteiger partial charge >= 0.3 is 0 Å². The molecular formula is C11H16N4O. The highest BCUT2D eigenvalue weighted by Gasteiger charge is 2.07. The third kappa shape index (κ3) is 2.49. The third-order valence-corrected chi connectivity index (χ3v) is 2.21. The molecule has 0 saturated carbocycles. The molecule has 2 aromatic rings. The zero-order chi connectivity index (χ0) is 11.4. The van der Waals surface area contributed by atoms with Gasteiger partial charge in [0.15, 0.2) is 5.76 Å². The molecule has 0 aliphatic heterocycles. The number of oxazole rings is 1. The van der Waals surface area contributed by atoms with E-state index in [2.05, 4.69) is 22.2 Å². The molecule has 2 aromatic heterocycles. The van der Waals surface area contributed by atoms with Gasteiger partial charge in [-0.1, -0.05) is 6.92 Å². The quantitative estimate of drug-likeness (QED) is 0.777. The van der Waals surface area contributed by atoms with Gasteiger partial charge in [-0.25, -0.2) is 9.97 Å². The Hall–Kier alpha value is -1.62. The minimum absolute atomic E-state index is 0.667. The SMILES string of the molecule is CCCNCc1ncc(-c2cn(C)cn2)o1. The summed E-state index contributed by atoms with van der Waals surface area (Å²) in [5, 5.41) is 3.24. The minimum atomic E-state index is 0.667. The molecule has 0 amide bonds. The maximum Gasteiger partial charge on any atom is 0.208 e. The molecule has 2 heterocycles. The average Bonchev–Trinajstić information content (AvgIpc) is 2.87. The van der Waals surface area contributed by atoms with Crippen molar-refractivity contribution in [3.63, 3.8) is 0 Å². The lowest BCUT2D eigenvalue weighted by molar-refractivity contribution is 0.477. The first-order chi connectivity index (χ1) is 7.79. The van der Waals surface area contributed by atoms with E-state index in [1.807, 2.05) is 17.8 Å². The molecule has 0 aromatic carbocycles. The molecule has 0 aliphatic carbocycles. The highest BCUT2D eigenvalue weighted by atomic mass is 16.4. The Morgan fingerprint density at radius 3 is 3.00 bits per heavy atom. The lowest BCUT2D eigenvalue weighted by Gasteiger charge is -1.97. The van der Waals surface area contributed by atoms with E-state index in [9.17, 15) is 0 Å². The number of hydrogen-bond acceptors (Lipinski definition) is 4. The number of aryl methyl sites for hydroxylation is 1. The van der Waals surface area contributed by atoms with E-state index in [1.54, 1.807) is 12.5 Å². The monoisotopic (exact) mass is 220 g/mol. The maximum atomic E-state index is 5.58. The fraction of sp³-hybridized carbons (Fsp3) is 0.455. The van der Waals surface area contributed by atoms with Gasteiger partial charge in [-0.3, -0.25) is 0 Å². The van der Waals surface area contributed by atoms with Crippen LogP contribution in [-0.4, -0.2) is 21.1 Å². The molecule has 2 rings (SSSR count). The number of hydrogen-bond donors (Lipinski definition) is 1. The smallest absolute Gasteiger partial charge is 0.208 e. The van der Waals surface area contributed by atoms with Gasteiger partial charge in [-0.15, -0.1) is 0 Å². The molecule has 86 valence electrons. The Morgan fingerprint density at radius 1 is 1.44 bits per heavy atom. The lowest BCUT2D eigenvalue weighted by atomic mass is 10.4. The molecule has 0 bridgehead atoms. The van der Waals surface area contributed by atoms with Crippen LogP contribution in [0.5, 0.6) is 0 Å². The van der Waals surface area contributed by atoms with E-state index < -0.39 is 0 Å². The van der Waals surface area contributed by atoms with Crippen molar-refractivity contribution in [2.75, 3.05) is 6.54 Å². The van der Waals surface area contributed by atoms with Crippen molar-refractivity contribution in [2.45, 2.75) is 19.9 Å². The molecular weight excluding hydrogens is 204 g/mol. The summed E-state index contributed by atoms with van der Waals surface area (Å²) >= 11 is 0. The van der Waals surface area contributed by atoms with E-state index in [0.29, 0.717) is 18.2 Å². The van der Waals surface area contributed by atoms with E-state index in [0.717, 1.165) is 18.7 Å². The number of rotatable bonds is 5. The fourth-order valence-corrected chi connectivity index (χ4v) is 1.42. The van der Waals surface area contributed by atoms with Crippen LogP contribution < -0.4 is 5.32 Å². The van der Waals surface area contributed by atoms with Crippen LogP contribution in [0.3, 0.4) is 0 Å². The second kappa shape index (κ2) is 4.94. The second-order valence-corrected chi connectivity index (χ2v) is 3.72. The van der Waals surface area contributed by atoms with Crippen LogP contribution in [0.2, 0.25) is 0 Å². The molecule has 0 aliphatic rings. The predicted octanol–water partition coefficient (Wildman–Crippen LogP) is 1.57. The van der Waals surface area contributed by atoms with Gasteiger partial charge in [-0.2, -0.15) is 0 Å². The summed E-state index contributed by atoms with van der Waals surface area (Å²) in [5.74, 6) is 1.42. The molecule has 16 heavy (non-hydrogen) atoms. The van der Waals surface area contributed by atoms with Crippen molar-refractivity contribution in [1.82, 2.24) is 19.9 Å². The Bertz CT molecular complexity index is 446. The molecule has 1 N–H and O–H groups in total. The second-order valence-electron chi connectivity index (χ2n) is 3.72. The van der Waals surface area contributed by atoms with E-state index in [1.165, 1.54) is 0 Å². The van der Waals surface area contributed by atoms with E-state index >= 15 is 0 Å². The van der Waals surface area contributed by atoms with Crippen molar-refractivity contribution in [3.05, 3.63) is 24.6 Å². The predicted molar refractivity (Wildman–Crippen MR) is 60.7 cm³/mol. The number of aromatic nitrogens is 3. The summed E-state index contributed by atoms with van der Waals surface area (Å²) in [4.78, 5) is 8.40. The Labute approximate surface area is 94.5 Å². The Balaban J connectivity index is 2.02. The molecule has 5 nitrogen and oxygen atoms in total. The van der Waals surface area contributed by atoms with Gasteiger partial charge in [0.05, 0.1) is 19.1 Å². The lowest BCUT2D eigenvalue weighted by Crippen LogP contribution is -2.13. The Morgan fingerprint density at radius 2 is 2.31 bits per heavy atom. The summed E-state index contributed by atoms with van der Waals surface area (Å²) in [6.07, 6.45) is 6.47. The van der Waals surface area contributed by atoms with Crippen LogP contribution in [0.25, 0.3) is 11.5 Å². The van der Waals surface area contributed by atoms with Crippen molar-refractivity contribution in [2.24, 2.45) is 7.05 Å². The van der Waals surface area contributed by atoms with Crippen LogP contribution in [-0.2, 0) is 13.6 Å². The van der Waals surface area contributed by atoms with Crippen LogP contribution >= 0.6 is 0 Å². The minimum Gasteiger partial charge on any atom is -0.438 e. The first-order valence-electron chi connectivity index (χ1n) is 5.43. The summed E-state index contributed by atoms with van der Waals surface area (Å²) in [6, 6.07) is 0. The maximum absolute atomic E-state index is 5.58. The molecule has 0 radical (unpaired) electrons. The molecule has 0 saturated heterocycles. The van der Waals surface area contributed by atoms with Crippen LogP contribution in [0.15, 0.2) is 23.1 Å². The standard InChI is InChI=1S/C11H16N4O/c1-3-4-12-6-11-13-5-10(16-11)9-7-15(2)8-14-9/h5,7-8,12H,3-4,6H2,1-2H3. The average molecular weight is 220 g/mol. The molecule has 5 heteroatoms. The van der Waals surface area contributed by atoms with Crippen molar-refractivity contribution >= 4 is 0 Å². The van der Waals surface area contributed by atoms with Gasteiger partial charge in [0.25, 0.3) is 0 Å². The summed E-state index contributed by atoms with van der Waals surface area (Å²) in [5.41, 5.74) is 0.816. The first kappa shape index (κ1) is 10.9. The highest BCUT2D eigenvalue weighted by Crippen LogP contribution is 2.17. The number of imidazole rings is 1. The van der Waals surface area contributed by atoms with Crippen molar-refractivity contribution in [1.29, 1.82) is 0 Å². The fourth-order valence-electron chi connectivity index (χ4n) is 1.42. The highest BCUT2D eigenvalue weighted by molar-refractivity contribution is 5.48. The summed E-state index contributed by atoms with van der Waals surface area (Å²) in [6.45, 7) is 3.77. The topological polar surface area (TPSA) is 55.9 Å². The Kier molecular flexibility index (Phi) is 3.36. The first-order valence-corrected chi connectivity index (χ1v) is 5.43. The molecule has 0 atom stereocenters. The number of nitrogens with zero attached hydrogens (tertiary/aromatic N) is 3. The van der Waals surface area contributed by atoms with Crippen molar-refractivity contribution in [3.8, 4) is 11.5 Å². The van der Waals surface area contributed by atoms with Crippen molar-refractivity contribution < 1.29 is 4.42 Å². The van der Waals surface area contributed by atoms with Gasteiger partial charge in [0, 0.05) is 13.2 Å². The molecule has 0 spiro atoms. The number of nitrogens with one attached hydrogen (secondary N) is 1.